The Morgan fingerprint density at radius 3 is 2.14 bits per heavy atom. The van der Waals surface area contributed by atoms with Gasteiger partial charge in [-0.1, -0.05) is 22.0 Å². The number of carbonyl (C=O) groups excluding carboxylic acids is 2. The summed E-state index contributed by atoms with van der Waals surface area (Å²) < 4.78 is 2.06. The van der Waals surface area contributed by atoms with Crippen molar-refractivity contribution in [2.75, 3.05) is 10.6 Å². The Balaban J connectivity index is 2.22. The quantitative estimate of drug-likeness (QED) is 0.493. The third-order valence-electron chi connectivity index (χ3n) is 3.15. The fraction of sp³-hybridized carbons (Fsp3) is 0. The van der Waals surface area contributed by atoms with Gasteiger partial charge in [0.2, 0.25) is 0 Å². The van der Waals surface area contributed by atoms with Crippen molar-refractivity contribution in [2.45, 2.75) is 0 Å². The van der Waals surface area contributed by atoms with Crippen molar-refractivity contribution >= 4 is 71.0 Å². The minimum absolute atomic E-state index is 0.254. The van der Waals surface area contributed by atoms with Crippen molar-refractivity contribution in [3.05, 3.63) is 54.9 Å². The summed E-state index contributed by atoms with van der Waals surface area (Å²) in [6, 6.07) is 8.42. The van der Waals surface area contributed by atoms with Crippen molar-refractivity contribution in [3.63, 3.8) is 0 Å². The van der Waals surface area contributed by atoms with Gasteiger partial charge in [0.05, 0.1) is 16.8 Å². The molecule has 1 heterocycles. The summed E-state index contributed by atoms with van der Waals surface area (Å²) in [5.41, 5.74) is 7.17. The number of nitrogen functional groups attached to an aromatic ring is 1. The van der Waals surface area contributed by atoms with Crippen molar-refractivity contribution in [1.29, 1.82) is 0 Å². The molecule has 2 aromatic carbocycles. The number of carbonyl (C=O) groups is 2. The number of fused-ring (bicyclic) bond motifs is 1. The number of halogens is 3. The fourth-order valence-electron chi connectivity index (χ4n) is 2.26. The first-order chi connectivity index (χ1) is 9.91. The van der Waals surface area contributed by atoms with E-state index >= 15 is 0 Å². The SMILES string of the molecule is Nc1cccc2c1C(=O)N(c1c(Br)cc(Br)cc1Br)C2=O. The van der Waals surface area contributed by atoms with E-state index < -0.39 is 5.91 Å². The summed E-state index contributed by atoms with van der Waals surface area (Å²) in [5.74, 6) is -0.803. The molecule has 0 atom stereocenters. The zero-order valence-corrected chi connectivity index (χ0v) is 15.1. The maximum atomic E-state index is 12.6. The Bertz CT molecular complexity index is 782. The van der Waals surface area contributed by atoms with E-state index in [0.717, 1.165) is 9.37 Å². The van der Waals surface area contributed by atoms with Crippen LogP contribution in [0, 0.1) is 0 Å². The first-order valence-corrected chi connectivity index (χ1v) is 8.21. The highest BCUT2D eigenvalue weighted by molar-refractivity contribution is 9.11. The summed E-state index contributed by atoms with van der Waals surface area (Å²) in [7, 11) is 0. The summed E-state index contributed by atoms with van der Waals surface area (Å²) in [6.07, 6.45) is 0. The molecule has 2 amide bonds. The Morgan fingerprint density at radius 2 is 1.57 bits per heavy atom. The van der Waals surface area contributed by atoms with Gasteiger partial charge in [-0.25, -0.2) is 4.90 Å². The lowest BCUT2D eigenvalue weighted by molar-refractivity contribution is 0.0926. The second kappa shape index (κ2) is 5.23. The van der Waals surface area contributed by atoms with Gasteiger partial charge in [0, 0.05) is 19.1 Å². The van der Waals surface area contributed by atoms with Gasteiger partial charge < -0.3 is 5.73 Å². The van der Waals surface area contributed by atoms with Crippen LogP contribution in [0.4, 0.5) is 11.4 Å². The molecule has 7 heteroatoms. The van der Waals surface area contributed by atoms with Gasteiger partial charge >= 0.3 is 0 Å². The number of amides is 2. The van der Waals surface area contributed by atoms with Gasteiger partial charge in [-0.3, -0.25) is 9.59 Å². The lowest BCUT2D eigenvalue weighted by Gasteiger charge is -2.18. The molecule has 2 N–H and O–H groups in total. The van der Waals surface area contributed by atoms with Crippen LogP contribution in [0.2, 0.25) is 0 Å². The molecule has 106 valence electrons. The van der Waals surface area contributed by atoms with E-state index in [0.29, 0.717) is 25.9 Å². The molecule has 3 rings (SSSR count). The Kier molecular flexibility index (Phi) is 3.67. The van der Waals surface area contributed by atoms with E-state index in [1.54, 1.807) is 30.3 Å². The Labute approximate surface area is 145 Å². The standard InChI is InChI=1S/C14H7Br3N2O2/c15-6-4-8(16)12(9(17)5-6)19-13(20)7-2-1-3-10(18)11(7)14(19)21/h1-5H,18H2. The van der Waals surface area contributed by atoms with Crippen molar-refractivity contribution in [3.8, 4) is 0 Å². The molecule has 4 nitrogen and oxygen atoms in total. The first kappa shape index (κ1) is 14.7. The maximum absolute atomic E-state index is 12.6. The molecule has 0 bridgehead atoms. The normalized spacial score (nSPS) is 13.8. The molecule has 1 aliphatic heterocycles. The van der Waals surface area contributed by atoms with Crippen LogP contribution in [-0.2, 0) is 0 Å². The molecule has 0 radical (unpaired) electrons. The lowest BCUT2D eigenvalue weighted by atomic mass is 10.1. The molecule has 2 aromatic rings. The number of nitrogens with two attached hydrogens (primary N) is 1. The van der Waals surface area contributed by atoms with E-state index in [1.165, 1.54) is 0 Å². The van der Waals surface area contributed by atoms with Crippen LogP contribution in [-0.4, -0.2) is 11.8 Å². The highest BCUT2D eigenvalue weighted by atomic mass is 79.9. The predicted molar refractivity (Wildman–Crippen MR) is 91.5 cm³/mol. The first-order valence-electron chi connectivity index (χ1n) is 5.83. The number of anilines is 2. The lowest BCUT2D eigenvalue weighted by Crippen LogP contribution is -2.30. The minimum atomic E-state index is -0.420. The second-order valence-electron chi connectivity index (χ2n) is 4.43. The number of hydrogen-bond acceptors (Lipinski definition) is 3. The molecule has 0 saturated carbocycles. The molecule has 1 aliphatic rings. The van der Waals surface area contributed by atoms with Gasteiger partial charge in [0.15, 0.2) is 0 Å². The van der Waals surface area contributed by atoms with Crippen LogP contribution in [0.1, 0.15) is 20.7 Å². The topological polar surface area (TPSA) is 63.4 Å². The Hall–Kier alpha value is -1.18. The molecule has 0 aromatic heterocycles. The van der Waals surface area contributed by atoms with E-state index in [-0.39, 0.29) is 11.5 Å². The molecule has 21 heavy (non-hydrogen) atoms. The van der Waals surface area contributed by atoms with Crippen LogP contribution in [0.3, 0.4) is 0 Å². The Morgan fingerprint density at radius 1 is 0.952 bits per heavy atom. The average Bonchev–Trinajstić information content (AvgIpc) is 2.64. The molecule has 0 spiro atoms. The highest BCUT2D eigenvalue weighted by Gasteiger charge is 2.39. The summed E-state index contributed by atoms with van der Waals surface area (Å²) >= 11 is 10.1. The third-order valence-corrected chi connectivity index (χ3v) is 4.82. The number of nitrogens with zero attached hydrogens (tertiary/aromatic N) is 1. The summed E-state index contributed by atoms with van der Waals surface area (Å²) in [6.45, 7) is 0. The fourth-order valence-corrected chi connectivity index (χ4v) is 4.88. The molecule has 0 unspecified atom stereocenters. The zero-order chi connectivity index (χ0) is 15.3. The van der Waals surface area contributed by atoms with E-state index in [1.807, 2.05) is 0 Å². The smallest absolute Gasteiger partial charge is 0.268 e. The van der Waals surface area contributed by atoms with Crippen LogP contribution < -0.4 is 10.6 Å². The third kappa shape index (κ3) is 2.23. The molecule has 0 fully saturated rings. The zero-order valence-electron chi connectivity index (χ0n) is 10.4. The minimum Gasteiger partial charge on any atom is -0.398 e. The van der Waals surface area contributed by atoms with Gasteiger partial charge in [0.25, 0.3) is 11.8 Å². The van der Waals surface area contributed by atoms with E-state index in [9.17, 15) is 9.59 Å². The van der Waals surface area contributed by atoms with Gasteiger partial charge in [-0.2, -0.15) is 0 Å². The van der Waals surface area contributed by atoms with Crippen molar-refractivity contribution < 1.29 is 9.59 Å². The van der Waals surface area contributed by atoms with Crippen molar-refractivity contribution in [1.82, 2.24) is 0 Å². The number of benzene rings is 2. The van der Waals surface area contributed by atoms with E-state index in [2.05, 4.69) is 47.8 Å². The average molecular weight is 475 g/mol. The summed E-state index contributed by atoms with van der Waals surface area (Å²) in [5, 5.41) is 0. The molecule has 0 aliphatic carbocycles. The number of imide groups is 1. The largest absolute Gasteiger partial charge is 0.398 e. The monoisotopic (exact) mass is 472 g/mol. The highest BCUT2D eigenvalue weighted by Crippen LogP contribution is 2.41. The van der Waals surface area contributed by atoms with Gasteiger partial charge in [0.1, 0.15) is 0 Å². The molecular weight excluding hydrogens is 468 g/mol. The molecular formula is C14H7Br3N2O2. The number of hydrogen-bond donors (Lipinski definition) is 1. The van der Waals surface area contributed by atoms with Crippen LogP contribution >= 0.6 is 47.8 Å². The van der Waals surface area contributed by atoms with E-state index in [4.69, 9.17) is 5.73 Å². The number of rotatable bonds is 1. The van der Waals surface area contributed by atoms with Crippen LogP contribution in [0.5, 0.6) is 0 Å². The van der Waals surface area contributed by atoms with Gasteiger partial charge in [-0.15, -0.1) is 0 Å². The van der Waals surface area contributed by atoms with Crippen molar-refractivity contribution in [2.24, 2.45) is 0 Å². The summed E-state index contributed by atoms with van der Waals surface area (Å²) in [4.78, 5) is 26.3. The van der Waals surface area contributed by atoms with Crippen LogP contribution in [0.25, 0.3) is 0 Å². The second-order valence-corrected chi connectivity index (χ2v) is 7.06. The van der Waals surface area contributed by atoms with Gasteiger partial charge in [-0.05, 0) is 56.1 Å². The molecule has 0 saturated heterocycles. The maximum Gasteiger partial charge on any atom is 0.268 e. The predicted octanol–water partition coefficient (Wildman–Crippen LogP) is 4.36. The van der Waals surface area contributed by atoms with Crippen LogP contribution in [0.15, 0.2) is 43.7 Å².